The molecule has 5 unspecified atom stereocenters. The average molecular weight is 880 g/mol. The third kappa shape index (κ3) is 12.0. The molecule has 3 N–H and O–H groups in total. The number of hydrogen-bond acceptors (Lipinski definition) is 10. The van der Waals surface area contributed by atoms with E-state index in [-0.39, 0.29) is 90.0 Å². The Morgan fingerprint density at radius 3 is 1.86 bits per heavy atom. The predicted molar refractivity (Wildman–Crippen MR) is 217 cm³/mol. The van der Waals surface area contributed by atoms with Crippen LogP contribution < -0.4 is 19.3 Å². The van der Waals surface area contributed by atoms with E-state index in [2.05, 4.69) is 42.4 Å². The van der Waals surface area contributed by atoms with Crippen molar-refractivity contribution in [2.24, 2.45) is 57.3 Å². The fraction of sp³-hybridized carbons (Fsp3) is 0.659. The Hall–Kier alpha value is -3.69. The van der Waals surface area contributed by atoms with Crippen LogP contribution in [0.3, 0.4) is 0 Å². The number of aromatic nitrogens is 1. The number of aliphatic carboxylic acids is 1. The molecular formula is C41H60N5O10SZn-. The second kappa shape index (κ2) is 20.0. The van der Waals surface area contributed by atoms with E-state index in [1.807, 2.05) is 13.8 Å². The number of aliphatic hydroxyl groups excluding tert-OH is 1. The fourth-order valence-electron chi connectivity index (χ4n) is 9.14. The van der Waals surface area contributed by atoms with Crippen molar-refractivity contribution in [2.45, 2.75) is 114 Å². The maximum Gasteiger partial charge on any atom is 0.315 e. The summed E-state index contributed by atoms with van der Waals surface area (Å²) in [6, 6.07) is -1.09. The summed E-state index contributed by atoms with van der Waals surface area (Å²) in [5, 5.41) is 18.3. The molecule has 0 radical (unpaired) electrons. The number of hydrogen-bond donors (Lipinski definition) is 3. The maximum atomic E-state index is 13.8. The second-order valence-corrected chi connectivity index (χ2v) is 18.7. The number of nitrogens with zero attached hydrogens (tertiary/aromatic N) is 4. The third-order valence-corrected chi connectivity index (χ3v) is 12.2. The summed E-state index contributed by atoms with van der Waals surface area (Å²) in [7, 11) is -3.68. The smallest absolute Gasteiger partial charge is 0.315 e. The van der Waals surface area contributed by atoms with Crippen LogP contribution in [0.2, 0.25) is 0 Å². The Morgan fingerprint density at radius 1 is 0.931 bits per heavy atom. The van der Waals surface area contributed by atoms with Crippen LogP contribution in [0.15, 0.2) is 27.0 Å². The molecule has 2 saturated carbocycles. The molecule has 1 aromatic rings. The van der Waals surface area contributed by atoms with Gasteiger partial charge in [-0.15, -0.1) is 0 Å². The fourth-order valence-corrected chi connectivity index (χ4v) is 9.88. The van der Waals surface area contributed by atoms with Crippen molar-refractivity contribution in [2.75, 3.05) is 17.7 Å². The zero-order valence-electron chi connectivity index (χ0n) is 35.8. The first-order valence-corrected chi connectivity index (χ1v) is 21.7. The van der Waals surface area contributed by atoms with Crippen LogP contribution in [-0.4, -0.2) is 73.0 Å². The van der Waals surface area contributed by atoms with Crippen LogP contribution in [0.25, 0.3) is 6.08 Å². The number of amidine groups is 1. The zero-order chi connectivity index (χ0) is 42.7. The number of rotatable bonds is 9. The van der Waals surface area contributed by atoms with E-state index in [0.717, 1.165) is 38.9 Å². The molecule has 0 spiro atoms. The molecule has 5 atom stereocenters. The Bertz CT molecular complexity index is 1940. The van der Waals surface area contributed by atoms with E-state index in [9.17, 15) is 27.9 Å². The number of allylic oxidation sites excluding steroid dienone is 1. The third-order valence-electron chi connectivity index (χ3n) is 11.4. The average Bonchev–Trinajstić information content (AvgIpc) is 3.70. The minimum absolute atomic E-state index is 0. The van der Waals surface area contributed by atoms with Crippen molar-refractivity contribution in [3.63, 3.8) is 0 Å². The minimum atomic E-state index is -3.68. The minimum Gasteiger partial charge on any atom is -0.495 e. The van der Waals surface area contributed by atoms with Gasteiger partial charge in [0.05, 0.1) is 29.8 Å². The van der Waals surface area contributed by atoms with Gasteiger partial charge in [-0.25, -0.2) is 18.1 Å². The van der Waals surface area contributed by atoms with Crippen LogP contribution in [0.5, 0.6) is 5.75 Å². The summed E-state index contributed by atoms with van der Waals surface area (Å²) in [5.41, 5.74) is 1.70. The summed E-state index contributed by atoms with van der Waals surface area (Å²) in [4.78, 5) is 64.8. The van der Waals surface area contributed by atoms with Gasteiger partial charge in [0.2, 0.25) is 15.9 Å². The summed E-state index contributed by atoms with van der Waals surface area (Å²) >= 11 is 0. The number of esters is 2. The molecule has 1 amide bonds. The number of carbonyl (C=O) groups is 4. The van der Waals surface area contributed by atoms with Crippen LogP contribution in [0, 0.1) is 54.3 Å². The van der Waals surface area contributed by atoms with Gasteiger partial charge >= 0.3 is 11.9 Å². The first-order chi connectivity index (χ1) is 26.5. The van der Waals surface area contributed by atoms with E-state index in [1.54, 1.807) is 24.8 Å². The number of carbonyl (C=O) groups excluding carboxylic acids is 3. The molecule has 17 heteroatoms. The van der Waals surface area contributed by atoms with Gasteiger partial charge < -0.3 is 29.6 Å². The van der Waals surface area contributed by atoms with Gasteiger partial charge in [0.1, 0.15) is 11.7 Å². The Morgan fingerprint density at radius 2 is 1.41 bits per heavy atom. The van der Waals surface area contributed by atoms with Crippen molar-refractivity contribution in [3.8, 4) is 5.75 Å². The van der Waals surface area contributed by atoms with Crippen LogP contribution in [0.1, 0.15) is 112 Å². The number of sulfonamides is 1. The van der Waals surface area contributed by atoms with Crippen LogP contribution in [-0.2, 0) is 53.4 Å². The molecule has 2 aliphatic carbocycles. The summed E-state index contributed by atoms with van der Waals surface area (Å²) in [6.45, 7) is 19.1. The number of carboxylic acid groups (broad SMARTS) is 1. The molecule has 15 nitrogen and oxygen atoms in total. The van der Waals surface area contributed by atoms with Gasteiger partial charge in [-0.1, -0.05) is 41.5 Å². The van der Waals surface area contributed by atoms with Crippen molar-refractivity contribution in [3.05, 3.63) is 28.3 Å². The quantitative estimate of drug-likeness (QED) is 0.110. The number of nitrogens with one attached hydrogen (secondary N) is 1. The van der Waals surface area contributed by atoms with Crippen molar-refractivity contribution in [1.29, 1.82) is 0 Å². The van der Waals surface area contributed by atoms with Crippen LogP contribution in [0.4, 0.5) is 5.82 Å². The van der Waals surface area contributed by atoms with E-state index in [0.29, 0.717) is 53.7 Å². The van der Waals surface area contributed by atoms with Crippen molar-refractivity contribution in [1.82, 2.24) is 9.71 Å². The van der Waals surface area contributed by atoms with Crippen molar-refractivity contribution < 1.29 is 66.8 Å². The molecule has 5 rings (SSSR count). The first-order valence-electron chi connectivity index (χ1n) is 19.9. The van der Waals surface area contributed by atoms with Gasteiger partial charge in [0.25, 0.3) is 5.97 Å². The summed E-state index contributed by atoms with van der Waals surface area (Å²) < 4.78 is 38.3. The summed E-state index contributed by atoms with van der Waals surface area (Å²) in [6.07, 6.45) is 7.25. The number of aliphatic hydroxyl groups is 1. The second-order valence-electron chi connectivity index (χ2n) is 16.9. The van der Waals surface area contributed by atoms with Gasteiger partial charge in [-0.05, 0) is 118 Å². The Balaban J connectivity index is 0.00000172. The monoisotopic (exact) mass is 878 g/mol. The first kappa shape index (κ1) is 48.7. The molecule has 0 aromatic carbocycles. The zero-order valence-corrected chi connectivity index (χ0v) is 39.6. The SMILES string of the molecule is CC(=O)O.CC1=C(OC(=O)C2C(C)CC(C)CC2C)C(N=C(O)C(C)NS(C)(=O)=O)=N/C1=C\c1[n-]c(N2CCCC2=O)c(OC(=O)C2C(C)CC(C)CC2C)c1C.[Zn]. The molecule has 318 valence electrons. The van der Waals surface area contributed by atoms with E-state index in [4.69, 9.17) is 24.4 Å². The van der Waals surface area contributed by atoms with E-state index in [1.165, 1.54) is 6.92 Å². The Labute approximate surface area is 355 Å². The molecule has 58 heavy (non-hydrogen) atoms. The number of aliphatic imine (C=N–C) groups is 2. The van der Waals surface area contributed by atoms with Gasteiger partial charge in [0, 0.05) is 38.4 Å². The van der Waals surface area contributed by atoms with E-state index >= 15 is 0 Å². The number of amides is 1. The summed E-state index contributed by atoms with van der Waals surface area (Å²) in [5.74, 6) is -1.05. The Kier molecular flexibility index (Phi) is 16.8. The maximum absolute atomic E-state index is 13.8. The van der Waals surface area contributed by atoms with Crippen LogP contribution >= 0.6 is 0 Å². The van der Waals surface area contributed by atoms with Crippen molar-refractivity contribution >= 4 is 57.5 Å². The van der Waals surface area contributed by atoms with E-state index < -0.39 is 33.9 Å². The van der Waals surface area contributed by atoms with Gasteiger partial charge in [-0.2, -0.15) is 4.99 Å². The molecule has 0 bridgehead atoms. The topological polar surface area (TPSA) is 215 Å². The molecule has 4 aliphatic rings. The normalized spacial score (nSPS) is 29.0. The molecular weight excluding hydrogens is 820 g/mol. The number of anilines is 1. The molecule has 1 aromatic heterocycles. The molecule has 1 saturated heterocycles. The largest absolute Gasteiger partial charge is 0.495 e. The number of ether oxygens (including phenoxy) is 2. The molecule has 2 aliphatic heterocycles. The molecule has 3 heterocycles. The van der Waals surface area contributed by atoms with Gasteiger partial charge in [-0.3, -0.25) is 19.2 Å². The number of carboxylic acids is 1. The van der Waals surface area contributed by atoms with Gasteiger partial charge in [0.15, 0.2) is 11.6 Å². The molecule has 3 fully saturated rings. The predicted octanol–water partition coefficient (Wildman–Crippen LogP) is 6.17. The standard InChI is InChI=1S/C39H56N5O8S.C2H4O2.Zn/c1-19-14-21(3)31(22(4)15-19)38(47)51-33-25(7)28(40-35(33)42-37(46)27(9)43-53(10,49)50)18-29-26(8)34(36(41-29)44-13-11-12-30(44)45)52-39(48)32-23(5)16-20(2)17-24(32)6;1-2(3)4;/h18-24,27,31-32,43H,11-17H2,1-10H3,(H-,40,41,42,46);1H3,(H,3,4);/q-1;;.